The number of nitriles is 1. The molecule has 0 aromatic heterocycles. The molecule has 0 radical (unpaired) electrons. The van der Waals surface area contributed by atoms with Crippen LogP contribution in [0.1, 0.15) is 6.42 Å². The lowest BCUT2D eigenvalue weighted by molar-refractivity contribution is -0.0957. The monoisotopic (exact) mass is 192 g/mol. The maximum absolute atomic E-state index is 12.5. The number of halogens is 4. The van der Waals surface area contributed by atoms with Gasteiger partial charge in [-0.25, -0.2) is 9.38 Å². The van der Waals surface area contributed by atoms with Crippen molar-refractivity contribution in [2.45, 2.75) is 18.9 Å². The van der Waals surface area contributed by atoms with E-state index in [0.717, 1.165) is 0 Å². The lowest BCUT2D eigenvalue weighted by Crippen LogP contribution is -2.20. The van der Waals surface area contributed by atoms with E-state index in [9.17, 15) is 17.6 Å². The molecule has 70 valence electrons. The summed E-state index contributed by atoms with van der Waals surface area (Å²) < 4.78 is 48.6. The summed E-state index contributed by atoms with van der Waals surface area (Å²) >= 11 is 0. The molecule has 0 aromatic rings. The van der Waals surface area contributed by atoms with Gasteiger partial charge in [-0.15, -0.1) is 0 Å². The Hall–Kier alpha value is -1.38. The van der Waals surface area contributed by atoms with E-state index in [2.05, 4.69) is 4.99 Å². The van der Waals surface area contributed by atoms with E-state index in [1.807, 2.05) is 0 Å². The summed E-state index contributed by atoms with van der Waals surface area (Å²) in [6.45, 7) is 0. The predicted molar refractivity (Wildman–Crippen MR) is 36.7 cm³/mol. The molecule has 13 heavy (non-hydrogen) atoms. The van der Waals surface area contributed by atoms with Crippen LogP contribution in [-0.2, 0) is 0 Å². The Morgan fingerprint density at radius 2 is 2.15 bits per heavy atom. The normalized spacial score (nSPS) is 23.2. The molecule has 0 amide bonds. The zero-order valence-corrected chi connectivity index (χ0v) is 6.27. The molecule has 0 bridgehead atoms. The van der Waals surface area contributed by atoms with Gasteiger partial charge in [-0.3, -0.25) is 0 Å². The van der Waals surface area contributed by atoms with E-state index in [-0.39, 0.29) is 0 Å². The molecule has 0 aromatic carbocycles. The van der Waals surface area contributed by atoms with E-state index < -0.39 is 30.2 Å². The summed E-state index contributed by atoms with van der Waals surface area (Å²) in [7, 11) is 0. The summed E-state index contributed by atoms with van der Waals surface area (Å²) in [5, 5.41) is 8.23. The fraction of sp³-hybridized carbons (Fsp3) is 0.429. The Kier molecular flexibility index (Phi) is 2.36. The van der Waals surface area contributed by atoms with Gasteiger partial charge in [0, 0.05) is 12.0 Å². The Labute approximate surface area is 71.2 Å². The molecular formula is C7H4F4N2. The van der Waals surface area contributed by atoms with E-state index >= 15 is 0 Å². The summed E-state index contributed by atoms with van der Waals surface area (Å²) in [6, 6.07) is 1.37. The third-order valence-electron chi connectivity index (χ3n) is 1.46. The molecule has 1 aliphatic rings. The highest BCUT2D eigenvalue weighted by Crippen LogP contribution is 2.31. The number of alkyl halides is 4. The van der Waals surface area contributed by atoms with Gasteiger partial charge in [-0.1, -0.05) is 0 Å². The predicted octanol–water partition coefficient (Wildman–Crippen LogP) is 2.14. The summed E-state index contributed by atoms with van der Waals surface area (Å²) in [6.07, 6.45) is -6.79. The van der Waals surface area contributed by atoms with Crippen molar-refractivity contribution in [1.82, 2.24) is 0 Å². The van der Waals surface area contributed by atoms with Crippen LogP contribution >= 0.6 is 0 Å². The minimum absolute atomic E-state index is 0.522. The second-order valence-corrected chi connectivity index (χ2v) is 2.43. The van der Waals surface area contributed by atoms with Gasteiger partial charge in [-0.2, -0.15) is 18.4 Å². The maximum Gasteiger partial charge on any atom is 0.412 e. The van der Waals surface area contributed by atoms with Crippen molar-refractivity contribution < 1.29 is 17.6 Å². The van der Waals surface area contributed by atoms with Gasteiger partial charge in [0.1, 0.15) is 11.8 Å². The molecule has 1 atom stereocenters. The van der Waals surface area contributed by atoms with Crippen LogP contribution in [0, 0.1) is 11.3 Å². The highest BCUT2D eigenvalue weighted by atomic mass is 19.4. The van der Waals surface area contributed by atoms with Crippen molar-refractivity contribution in [2.24, 2.45) is 4.99 Å². The number of rotatable bonds is 0. The number of nitrogens with zero attached hydrogens (tertiary/aromatic N) is 2. The molecule has 2 nitrogen and oxygen atoms in total. The molecule has 0 N–H and O–H groups in total. The molecule has 6 heteroatoms. The summed E-state index contributed by atoms with van der Waals surface area (Å²) in [4.78, 5) is 3.08. The number of hydrogen-bond donors (Lipinski definition) is 0. The fourth-order valence-electron chi connectivity index (χ4n) is 0.898. The molecule has 1 rings (SSSR count). The highest BCUT2D eigenvalue weighted by molar-refractivity contribution is 6.08. The lowest BCUT2D eigenvalue weighted by atomic mass is 10.1. The van der Waals surface area contributed by atoms with Gasteiger partial charge in [0.25, 0.3) is 0 Å². The van der Waals surface area contributed by atoms with Crippen LogP contribution in [0.3, 0.4) is 0 Å². The zero-order valence-electron chi connectivity index (χ0n) is 6.27. The maximum atomic E-state index is 12.5. The van der Waals surface area contributed by atoms with Crippen molar-refractivity contribution in [3.63, 3.8) is 0 Å². The van der Waals surface area contributed by atoms with Gasteiger partial charge >= 0.3 is 6.18 Å². The molecule has 0 spiro atoms. The van der Waals surface area contributed by atoms with E-state index in [1.165, 1.54) is 6.07 Å². The van der Waals surface area contributed by atoms with Gasteiger partial charge in [-0.05, 0) is 6.08 Å². The van der Waals surface area contributed by atoms with Gasteiger partial charge in [0.15, 0.2) is 6.30 Å². The largest absolute Gasteiger partial charge is 0.412 e. The summed E-state index contributed by atoms with van der Waals surface area (Å²) in [5.74, 6) is 0. The van der Waals surface area contributed by atoms with E-state index in [1.54, 1.807) is 0 Å². The quantitative estimate of drug-likeness (QED) is 0.427. The van der Waals surface area contributed by atoms with Crippen LogP contribution in [0.5, 0.6) is 0 Å². The van der Waals surface area contributed by atoms with Crippen LogP contribution in [0.25, 0.3) is 0 Å². The standard InChI is InChI=1S/C7H4F4N2/c8-6-2-4(7(9,10)11)1-5(3-12)13-6/h1,6H,2H2. The van der Waals surface area contributed by atoms with Crippen molar-refractivity contribution in [2.75, 3.05) is 0 Å². The van der Waals surface area contributed by atoms with Gasteiger partial charge < -0.3 is 0 Å². The first-order chi connectivity index (χ1) is 5.93. The van der Waals surface area contributed by atoms with Crippen molar-refractivity contribution >= 4 is 5.71 Å². The van der Waals surface area contributed by atoms with E-state index in [0.29, 0.717) is 6.08 Å². The van der Waals surface area contributed by atoms with Crippen LogP contribution in [0.2, 0.25) is 0 Å². The van der Waals surface area contributed by atoms with E-state index in [4.69, 9.17) is 5.26 Å². The lowest BCUT2D eigenvalue weighted by Gasteiger charge is -2.15. The first kappa shape index (κ1) is 9.71. The Morgan fingerprint density at radius 1 is 1.54 bits per heavy atom. The number of dihydropyridines is 1. The van der Waals surface area contributed by atoms with Crippen molar-refractivity contribution in [3.05, 3.63) is 11.6 Å². The number of hydrogen-bond acceptors (Lipinski definition) is 2. The molecule has 1 unspecified atom stereocenters. The zero-order chi connectivity index (χ0) is 10.1. The molecule has 1 aliphatic heterocycles. The van der Waals surface area contributed by atoms with Gasteiger partial charge in [0.2, 0.25) is 0 Å². The fourth-order valence-corrected chi connectivity index (χ4v) is 0.898. The number of aliphatic imine (C=N–C) groups is 1. The third-order valence-corrected chi connectivity index (χ3v) is 1.46. The molecule has 0 fully saturated rings. The second kappa shape index (κ2) is 3.17. The Morgan fingerprint density at radius 3 is 2.62 bits per heavy atom. The number of allylic oxidation sites excluding steroid dienone is 1. The molecular weight excluding hydrogens is 188 g/mol. The van der Waals surface area contributed by atoms with Crippen molar-refractivity contribution in [3.8, 4) is 6.07 Å². The Balaban J connectivity index is 2.97. The molecule has 0 aliphatic carbocycles. The minimum atomic E-state index is -4.58. The molecule has 0 saturated carbocycles. The van der Waals surface area contributed by atoms with Crippen LogP contribution in [-0.4, -0.2) is 18.2 Å². The smallest absolute Gasteiger partial charge is 0.237 e. The molecule has 1 heterocycles. The molecule has 0 saturated heterocycles. The summed E-state index contributed by atoms with van der Waals surface area (Å²) in [5.41, 5.74) is -1.57. The minimum Gasteiger partial charge on any atom is -0.237 e. The Bertz CT molecular complexity index is 307. The average molecular weight is 192 g/mol. The highest BCUT2D eigenvalue weighted by Gasteiger charge is 2.36. The first-order valence-electron chi connectivity index (χ1n) is 3.33. The third kappa shape index (κ3) is 2.28. The average Bonchev–Trinajstić information content (AvgIpc) is 2.01. The van der Waals surface area contributed by atoms with Crippen LogP contribution in [0.4, 0.5) is 17.6 Å². The second-order valence-electron chi connectivity index (χ2n) is 2.43. The van der Waals surface area contributed by atoms with Gasteiger partial charge in [0.05, 0.1) is 0 Å². The van der Waals surface area contributed by atoms with Crippen LogP contribution < -0.4 is 0 Å². The SMILES string of the molecule is N#CC1=NC(F)CC(C(F)(F)F)=C1. The first-order valence-corrected chi connectivity index (χ1v) is 3.33. The van der Waals surface area contributed by atoms with Crippen molar-refractivity contribution in [1.29, 1.82) is 5.26 Å². The van der Waals surface area contributed by atoms with Crippen LogP contribution in [0.15, 0.2) is 16.6 Å². The topological polar surface area (TPSA) is 36.1 Å².